The Balaban J connectivity index is 1.70. The second-order valence-corrected chi connectivity index (χ2v) is 7.00. The van der Waals surface area contributed by atoms with Crippen molar-refractivity contribution in [2.45, 2.75) is 45.8 Å². The number of anilines is 1. The lowest BCUT2D eigenvalue weighted by atomic mass is 10.1. The minimum atomic E-state index is -1.02. The van der Waals surface area contributed by atoms with Crippen LogP contribution in [-0.4, -0.2) is 22.5 Å². The second-order valence-electron chi connectivity index (χ2n) is 7.00. The summed E-state index contributed by atoms with van der Waals surface area (Å²) in [4.78, 5) is 24.6. The van der Waals surface area contributed by atoms with Gasteiger partial charge in [0.15, 0.2) is 6.10 Å². The third kappa shape index (κ3) is 4.32. The molecule has 0 bridgehead atoms. The normalized spacial score (nSPS) is 14.9. The standard InChI is InChI=1S/C22H23N3O3/c1-14-11-17(15(2)25(14)20-9-10-20)12-18(13-23)22(27)28-16(3)21(26)24-19-7-5-4-6-8-19/h4-8,11-12,16,20H,9-10H2,1-3H3,(H,24,26)/b18-12+/t16-/m0/s1. The number of carbonyl (C=O) groups is 2. The fourth-order valence-corrected chi connectivity index (χ4v) is 3.18. The maximum absolute atomic E-state index is 12.4. The second kappa shape index (κ2) is 8.13. The first kappa shape index (κ1) is 19.4. The summed E-state index contributed by atoms with van der Waals surface area (Å²) in [6.07, 6.45) is 2.82. The van der Waals surface area contributed by atoms with Crippen LogP contribution in [0, 0.1) is 25.2 Å². The number of rotatable bonds is 6. The fourth-order valence-electron chi connectivity index (χ4n) is 3.18. The van der Waals surface area contributed by atoms with Gasteiger partial charge in [0, 0.05) is 23.1 Å². The van der Waals surface area contributed by atoms with Crippen LogP contribution < -0.4 is 5.32 Å². The summed E-state index contributed by atoms with van der Waals surface area (Å²) >= 11 is 0. The van der Waals surface area contributed by atoms with Gasteiger partial charge in [-0.3, -0.25) is 4.79 Å². The molecular formula is C22H23N3O3. The molecule has 1 heterocycles. The molecule has 3 rings (SSSR count). The number of amides is 1. The van der Waals surface area contributed by atoms with Gasteiger partial charge < -0.3 is 14.6 Å². The van der Waals surface area contributed by atoms with Crippen molar-refractivity contribution in [2.75, 3.05) is 5.32 Å². The van der Waals surface area contributed by atoms with E-state index >= 15 is 0 Å². The average Bonchev–Trinajstić information content (AvgIpc) is 3.46. The zero-order valence-corrected chi connectivity index (χ0v) is 16.2. The van der Waals surface area contributed by atoms with Crippen molar-refractivity contribution in [1.82, 2.24) is 4.57 Å². The summed E-state index contributed by atoms with van der Waals surface area (Å²) in [6.45, 7) is 5.47. The van der Waals surface area contributed by atoms with Crippen LogP contribution in [0.25, 0.3) is 6.08 Å². The summed E-state index contributed by atoms with van der Waals surface area (Å²) < 4.78 is 7.44. The van der Waals surface area contributed by atoms with Crippen LogP contribution in [0.3, 0.4) is 0 Å². The number of esters is 1. The third-order valence-corrected chi connectivity index (χ3v) is 4.77. The fraction of sp³-hybridized carbons (Fsp3) is 0.318. The SMILES string of the molecule is Cc1cc(/C=C(\C#N)C(=O)O[C@@H](C)C(=O)Nc2ccccc2)c(C)n1C1CC1. The number of para-hydroxylation sites is 1. The zero-order chi connectivity index (χ0) is 20.3. The van der Waals surface area contributed by atoms with Gasteiger partial charge in [-0.25, -0.2) is 4.79 Å². The Hall–Kier alpha value is -3.33. The van der Waals surface area contributed by atoms with Crippen molar-refractivity contribution < 1.29 is 14.3 Å². The Labute approximate surface area is 164 Å². The monoisotopic (exact) mass is 377 g/mol. The molecule has 2 aromatic rings. The van der Waals surface area contributed by atoms with E-state index in [1.807, 2.05) is 32.0 Å². The molecule has 1 saturated carbocycles. The van der Waals surface area contributed by atoms with Crippen molar-refractivity contribution in [3.63, 3.8) is 0 Å². The maximum Gasteiger partial charge on any atom is 0.349 e. The summed E-state index contributed by atoms with van der Waals surface area (Å²) in [5, 5.41) is 12.1. The quantitative estimate of drug-likeness (QED) is 0.470. The molecule has 1 N–H and O–H groups in total. The van der Waals surface area contributed by atoms with Gasteiger partial charge in [-0.05, 0) is 63.5 Å². The zero-order valence-electron chi connectivity index (χ0n) is 16.2. The topological polar surface area (TPSA) is 84.1 Å². The van der Waals surface area contributed by atoms with Crippen LogP contribution in [0.5, 0.6) is 0 Å². The summed E-state index contributed by atoms with van der Waals surface area (Å²) in [7, 11) is 0. The number of hydrogen-bond acceptors (Lipinski definition) is 4. The van der Waals surface area contributed by atoms with E-state index in [0.717, 1.165) is 29.8 Å². The first-order valence-corrected chi connectivity index (χ1v) is 9.28. The largest absolute Gasteiger partial charge is 0.448 e. The summed E-state index contributed by atoms with van der Waals surface area (Å²) in [6, 6.07) is 13.3. The lowest BCUT2D eigenvalue weighted by molar-refractivity contribution is -0.148. The van der Waals surface area contributed by atoms with E-state index in [1.54, 1.807) is 24.3 Å². The number of nitrogens with zero attached hydrogens (tertiary/aromatic N) is 2. The molecular weight excluding hydrogens is 354 g/mol. The number of hydrogen-bond donors (Lipinski definition) is 1. The van der Waals surface area contributed by atoms with Crippen LogP contribution in [0.1, 0.15) is 42.8 Å². The predicted octanol–water partition coefficient (Wildman–Crippen LogP) is 3.92. The highest BCUT2D eigenvalue weighted by molar-refractivity contribution is 6.01. The van der Waals surface area contributed by atoms with Gasteiger partial charge in [-0.1, -0.05) is 18.2 Å². The van der Waals surface area contributed by atoms with Gasteiger partial charge in [0.25, 0.3) is 5.91 Å². The number of benzene rings is 1. The van der Waals surface area contributed by atoms with Gasteiger partial charge in [0.1, 0.15) is 11.6 Å². The van der Waals surface area contributed by atoms with E-state index in [4.69, 9.17) is 4.74 Å². The van der Waals surface area contributed by atoms with Crippen LogP contribution >= 0.6 is 0 Å². The van der Waals surface area contributed by atoms with Crippen molar-refractivity contribution in [3.8, 4) is 6.07 Å². The molecule has 0 aliphatic heterocycles. The van der Waals surface area contributed by atoms with Crippen molar-refractivity contribution in [2.24, 2.45) is 0 Å². The highest BCUT2D eigenvalue weighted by atomic mass is 16.5. The van der Waals surface area contributed by atoms with E-state index < -0.39 is 18.0 Å². The number of carbonyl (C=O) groups excluding carboxylic acids is 2. The first-order valence-electron chi connectivity index (χ1n) is 9.28. The Kier molecular flexibility index (Phi) is 5.65. The van der Waals surface area contributed by atoms with E-state index in [0.29, 0.717) is 11.7 Å². The number of nitriles is 1. The molecule has 1 aliphatic rings. The highest BCUT2D eigenvalue weighted by Crippen LogP contribution is 2.38. The van der Waals surface area contributed by atoms with Crippen LogP contribution in [0.4, 0.5) is 5.69 Å². The molecule has 1 aromatic carbocycles. The minimum absolute atomic E-state index is 0.129. The number of nitrogens with one attached hydrogen (secondary N) is 1. The van der Waals surface area contributed by atoms with Crippen LogP contribution in [0.15, 0.2) is 42.0 Å². The Morgan fingerprint density at radius 3 is 2.57 bits per heavy atom. The van der Waals surface area contributed by atoms with E-state index in [1.165, 1.54) is 13.0 Å². The number of aromatic nitrogens is 1. The predicted molar refractivity (Wildman–Crippen MR) is 106 cm³/mol. The van der Waals surface area contributed by atoms with Gasteiger partial charge in [-0.15, -0.1) is 0 Å². The first-order chi connectivity index (χ1) is 13.4. The highest BCUT2D eigenvalue weighted by Gasteiger charge is 2.27. The van der Waals surface area contributed by atoms with E-state index in [2.05, 4.69) is 9.88 Å². The molecule has 28 heavy (non-hydrogen) atoms. The third-order valence-electron chi connectivity index (χ3n) is 4.77. The van der Waals surface area contributed by atoms with E-state index in [9.17, 15) is 14.9 Å². The molecule has 1 fully saturated rings. The Morgan fingerprint density at radius 2 is 1.96 bits per heavy atom. The van der Waals surface area contributed by atoms with E-state index in [-0.39, 0.29) is 5.57 Å². The summed E-state index contributed by atoms with van der Waals surface area (Å²) in [5.41, 5.74) is 3.43. The molecule has 6 nitrogen and oxygen atoms in total. The average molecular weight is 377 g/mol. The molecule has 1 atom stereocenters. The molecule has 1 aliphatic carbocycles. The molecule has 1 amide bonds. The van der Waals surface area contributed by atoms with Crippen molar-refractivity contribution in [3.05, 3.63) is 58.9 Å². The van der Waals surface area contributed by atoms with Crippen molar-refractivity contribution >= 4 is 23.6 Å². The van der Waals surface area contributed by atoms with Gasteiger partial charge in [-0.2, -0.15) is 5.26 Å². The lowest BCUT2D eigenvalue weighted by Gasteiger charge is -2.13. The smallest absolute Gasteiger partial charge is 0.349 e. The molecule has 0 radical (unpaired) electrons. The van der Waals surface area contributed by atoms with Crippen LogP contribution in [0.2, 0.25) is 0 Å². The van der Waals surface area contributed by atoms with Gasteiger partial charge in [0.2, 0.25) is 0 Å². The molecule has 0 saturated heterocycles. The number of ether oxygens (including phenoxy) is 1. The number of aryl methyl sites for hydroxylation is 1. The Bertz CT molecular complexity index is 963. The molecule has 1 aromatic heterocycles. The maximum atomic E-state index is 12.4. The van der Waals surface area contributed by atoms with Crippen LogP contribution in [-0.2, 0) is 14.3 Å². The molecule has 0 unspecified atom stereocenters. The van der Waals surface area contributed by atoms with Crippen molar-refractivity contribution in [1.29, 1.82) is 5.26 Å². The molecule has 0 spiro atoms. The summed E-state index contributed by atoms with van der Waals surface area (Å²) in [5.74, 6) is -1.27. The molecule has 6 heteroatoms. The van der Waals surface area contributed by atoms with Gasteiger partial charge >= 0.3 is 5.97 Å². The minimum Gasteiger partial charge on any atom is -0.448 e. The van der Waals surface area contributed by atoms with Gasteiger partial charge in [0.05, 0.1) is 0 Å². The Morgan fingerprint density at radius 1 is 1.29 bits per heavy atom. The lowest BCUT2D eigenvalue weighted by Crippen LogP contribution is -2.30. The molecule has 144 valence electrons.